The lowest BCUT2D eigenvalue weighted by Gasteiger charge is -2.31. The maximum absolute atomic E-state index is 12.7. The maximum Gasteiger partial charge on any atom is 0.243 e. The number of nitrogens with zero attached hydrogens (tertiary/aromatic N) is 5. The normalized spacial score (nSPS) is 16.8. The number of sulfonamides is 1. The number of fused-ring (bicyclic) bond motifs is 1. The van der Waals surface area contributed by atoms with Crippen LogP contribution < -0.4 is 9.62 Å². The zero-order valence-electron chi connectivity index (χ0n) is 12.5. The molecule has 1 aromatic carbocycles. The maximum atomic E-state index is 12.7. The molecular weight excluding hydrogens is 368 g/mol. The number of rotatable bonds is 4. The van der Waals surface area contributed by atoms with E-state index in [4.69, 9.17) is 0 Å². The molecule has 1 fully saturated rings. The van der Waals surface area contributed by atoms with Crippen LogP contribution in [0.1, 0.15) is 12.8 Å². The second kappa shape index (κ2) is 6.31. The summed E-state index contributed by atoms with van der Waals surface area (Å²) < 4.78 is 44.7. The highest BCUT2D eigenvalue weighted by Gasteiger charge is 2.27. The van der Waals surface area contributed by atoms with Gasteiger partial charge in [0.15, 0.2) is 5.82 Å². The van der Waals surface area contributed by atoms with E-state index in [9.17, 15) is 8.42 Å². The molecule has 0 unspecified atom stereocenters. The smallest absolute Gasteiger partial charge is 0.243 e. The summed E-state index contributed by atoms with van der Waals surface area (Å²) in [6.45, 7) is 1.50. The van der Waals surface area contributed by atoms with Gasteiger partial charge in [-0.2, -0.15) is 17.5 Å². The van der Waals surface area contributed by atoms with Crippen molar-refractivity contribution in [1.29, 1.82) is 0 Å². The summed E-state index contributed by atoms with van der Waals surface area (Å²) in [6, 6.07) is 4.93. The number of benzene rings is 1. The number of hydrogen-bond donors (Lipinski definition) is 1. The van der Waals surface area contributed by atoms with Gasteiger partial charge in [-0.25, -0.2) is 13.1 Å². The third-order valence-electron chi connectivity index (χ3n) is 4.03. The lowest BCUT2D eigenvalue weighted by atomic mass is 10.1. The fraction of sp³-hybridized carbons (Fsp3) is 0.385. The molecule has 1 aliphatic rings. The summed E-state index contributed by atoms with van der Waals surface area (Å²) in [6.07, 6.45) is 3.19. The van der Waals surface area contributed by atoms with Crippen molar-refractivity contribution >= 4 is 50.3 Å². The summed E-state index contributed by atoms with van der Waals surface area (Å²) in [5.74, 6) is 0.861. The first-order valence-corrected chi connectivity index (χ1v) is 10.3. The average molecular weight is 382 g/mol. The fourth-order valence-electron chi connectivity index (χ4n) is 2.81. The van der Waals surface area contributed by atoms with Crippen molar-refractivity contribution in [1.82, 2.24) is 22.2 Å². The molecule has 1 saturated heterocycles. The number of aromatic nitrogens is 4. The van der Waals surface area contributed by atoms with Crippen LogP contribution in [0.25, 0.3) is 11.0 Å². The molecule has 0 atom stereocenters. The van der Waals surface area contributed by atoms with Crippen molar-refractivity contribution in [3.63, 3.8) is 0 Å². The quantitative estimate of drug-likeness (QED) is 0.729. The van der Waals surface area contributed by atoms with Crippen LogP contribution in [0.2, 0.25) is 0 Å². The topological polar surface area (TPSA) is 101 Å². The van der Waals surface area contributed by atoms with Crippen LogP contribution in [0.5, 0.6) is 0 Å². The van der Waals surface area contributed by atoms with Gasteiger partial charge in [-0.1, -0.05) is 6.07 Å². The summed E-state index contributed by atoms with van der Waals surface area (Å²) in [4.78, 5) is 2.32. The van der Waals surface area contributed by atoms with E-state index >= 15 is 0 Å². The van der Waals surface area contributed by atoms with Crippen molar-refractivity contribution in [3.8, 4) is 0 Å². The first-order chi connectivity index (χ1) is 11.6. The Bertz CT molecular complexity index is 932. The van der Waals surface area contributed by atoms with E-state index in [1.807, 2.05) is 0 Å². The summed E-state index contributed by atoms with van der Waals surface area (Å²) in [5, 5.41) is 0. The molecule has 24 heavy (non-hydrogen) atoms. The fourth-order valence-corrected chi connectivity index (χ4v) is 5.31. The van der Waals surface area contributed by atoms with E-state index in [2.05, 4.69) is 27.1 Å². The highest BCUT2D eigenvalue weighted by atomic mass is 32.2. The predicted molar refractivity (Wildman–Crippen MR) is 92.9 cm³/mol. The van der Waals surface area contributed by atoms with Gasteiger partial charge < -0.3 is 4.90 Å². The van der Waals surface area contributed by atoms with Crippen molar-refractivity contribution in [2.45, 2.75) is 23.8 Å². The van der Waals surface area contributed by atoms with Crippen LogP contribution in [0.15, 0.2) is 29.3 Å². The molecule has 3 heterocycles. The van der Waals surface area contributed by atoms with Crippen LogP contribution in [0.3, 0.4) is 0 Å². The molecule has 126 valence electrons. The number of anilines is 1. The minimum atomic E-state index is -3.62. The van der Waals surface area contributed by atoms with Gasteiger partial charge in [-0.3, -0.25) is 0 Å². The van der Waals surface area contributed by atoms with Crippen LogP contribution in [0, 0.1) is 0 Å². The van der Waals surface area contributed by atoms with Crippen molar-refractivity contribution in [2.75, 3.05) is 18.0 Å². The van der Waals surface area contributed by atoms with E-state index in [1.165, 1.54) is 11.7 Å². The van der Waals surface area contributed by atoms with Crippen LogP contribution in [0.4, 0.5) is 5.82 Å². The Balaban J connectivity index is 1.48. The van der Waals surface area contributed by atoms with E-state index in [1.54, 1.807) is 24.4 Å². The molecule has 2 aromatic heterocycles. The largest absolute Gasteiger partial charge is 0.354 e. The van der Waals surface area contributed by atoms with Gasteiger partial charge in [0.1, 0.15) is 15.9 Å². The predicted octanol–water partition coefficient (Wildman–Crippen LogP) is 1.49. The third kappa shape index (κ3) is 2.99. The average Bonchev–Trinajstić information content (AvgIpc) is 3.26. The van der Waals surface area contributed by atoms with Crippen molar-refractivity contribution < 1.29 is 8.42 Å². The van der Waals surface area contributed by atoms with Crippen molar-refractivity contribution in [3.05, 3.63) is 24.4 Å². The van der Waals surface area contributed by atoms with Gasteiger partial charge in [-0.15, -0.1) is 0 Å². The Kier molecular flexibility index (Phi) is 4.16. The minimum Gasteiger partial charge on any atom is -0.354 e. The molecule has 11 heteroatoms. The molecule has 8 nitrogen and oxygen atoms in total. The Labute approximate surface area is 147 Å². The minimum absolute atomic E-state index is 0.0975. The molecule has 0 saturated carbocycles. The molecule has 4 rings (SSSR count). The van der Waals surface area contributed by atoms with Gasteiger partial charge in [0.25, 0.3) is 0 Å². The van der Waals surface area contributed by atoms with Gasteiger partial charge >= 0.3 is 0 Å². The lowest BCUT2D eigenvalue weighted by Crippen LogP contribution is -2.44. The van der Waals surface area contributed by atoms with Gasteiger partial charge in [0.05, 0.1) is 29.7 Å². The molecule has 0 radical (unpaired) electrons. The Morgan fingerprint density at radius 2 is 1.96 bits per heavy atom. The van der Waals surface area contributed by atoms with Crippen LogP contribution in [-0.2, 0) is 10.0 Å². The van der Waals surface area contributed by atoms with E-state index < -0.39 is 10.0 Å². The monoisotopic (exact) mass is 382 g/mol. The summed E-state index contributed by atoms with van der Waals surface area (Å²) >= 11 is 2.20. The standard InChI is InChI=1S/C13H14N6O2S3/c20-24(21,11-3-1-2-10-13(11)17-23-15-10)18-9-4-6-19(7-5-9)12-8-14-22-16-12/h1-3,8-9,18H,4-7H2. The zero-order valence-corrected chi connectivity index (χ0v) is 14.9. The molecule has 1 N–H and O–H groups in total. The van der Waals surface area contributed by atoms with E-state index in [-0.39, 0.29) is 10.9 Å². The first-order valence-electron chi connectivity index (χ1n) is 7.39. The van der Waals surface area contributed by atoms with Crippen LogP contribution >= 0.6 is 23.5 Å². The number of piperidine rings is 1. The number of nitrogens with one attached hydrogen (secondary N) is 1. The van der Waals surface area contributed by atoms with Crippen molar-refractivity contribution in [2.24, 2.45) is 0 Å². The lowest BCUT2D eigenvalue weighted by molar-refractivity contribution is 0.459. The van der Waals surface area contributed by atoms with Gasteiger partial charge in [0.2, 0.25) is 10.0 Å². The van der Waals surface area contributed by atoms with E-state index in [0.717, 1.165) is 43.5 Å². The Morgan fingerprint density at radius 1 is 1.12 bits per heavy atom. The molecule has 3 aromatic rings. The highest BCUT2D eigenvalue weighted by molar-refractivity contribution is 7.89. The Morgan fingerprint density at radius 3 is 2.71 bits per heavy atom. The van der Waals surface area contributed by atoms with Gasteiger partial charge in [-0.05, 0) is 25.0 Å². The highest BCUT2D eigenvalue weighted by Crippen LogP contribution is 2.23. The molecule has 0 bridgehead atoms. The first kappa shape index (κ1) is 15.8. The second-order valence-electron chi connectivity index (χ2n) is 5.54. The third-order valence-corrected chi connectivity index (χ3v) is 6.59. The molecular formula is C13H14N6O2S3. The SMILES string of the molecule is O=S(=O)(NC1CCN(c2cnsn2)CC1)c1cccc2nsnc12. The summed E-state index contributed by atoms with van der Waals surface area (Å²) in [5.41, 5.74) is 1.04. The van der Waals surface area contributed by atoms with Crippen LogP contribution in [-0.4, -0.2) is 45.0 Å². The van der Waals surface area contributed by atoms with E-state index in [0.29, 0.717) is 11.0 Å². The Hall–Kier alpha value is -1.69. The molecule has 0 amide bonds. The second-order valence-corrected chi connectivity index (χ2v) is 8.30. The molecule has 0 aliphatic carbocycles. The number of hydrogen-bond acceptors (Lipinski definition) is 9. The molecule has 0 spiro atoms. The summed E-state index contributed by atoms with van der Waals surface area (Å²) in [7, 11) is -3.62. The molecule has 1 aliphatic heterocycles. The zero-order chi connectivity index (χ0) is 16.6. The van der Waals surface area contributed by atoms with Gasteiger partial charge in [0, 0.05) is 19.1 Å².